The second-order valence-electron chi connectivity index (χ2n) is 5.14. The zero-order chi connectivity index (χ0) is 17.8. The van der Waals surface area contributed by atoms with Crippen LogP contribution in [0.15, 0.2) is 29.4 Å². The van der Waals surface area contributed by atoms with E-state index >= 15 is 0 Å². The maximum atomic E-state index is 5.81. The van der Waals surface area contributed by atoms with Gasteiger partial charge in [-0.3, -0.25) is 0 Å². The van der Waals surface area contributed by atoms with Crippen molar-refractivity contribution in [1.29, 1.82) is 0 Å². The van der Waals surface area contributed by atoms with E-state index in [-0.39, 0.29) is 5.95 Å². The Morgan fingerprint density at radius 1 is 1.20 bits per heavy atom. The predicted molar refractivity (Wildman–Crippen MR) is 95.8 cm³/mol. The average molecular weight is 358 g/mol. The van der Waals surface area contributed by atoms with E-state index in [1.54, 1.807) is 7.11 Å². The van der Waals surface area contributed by atoms with E-state index in [0.717, 1.165) is 16.7 Å². The second kappa shape index (κ2) is 7.34. The Balaban J connectivity index is 1.77. The van der Waals surface area contributed by atoms with Crippen molar-refractivity contribution >= 4 is 29.3 Å². The van der Waals surface area contributed by atoms with Crippen LogP contribution in [0.1, 0.15) is 11.6 Å². The van der Waals surface area contributed by atoms with Crippen molar-refractivity contribution in [2.24, 2.45) is 7.05 Å². The summed E-state index contributed by atoms with van der Waals surface area (Å²) in [6.45, 7) is 1.90. The first kappa shape index (κ1) is 17.0. The summed E-state index contributed by atoms with van der Waals surface area (Å²) in [5, 5.41) is 12.0. The smallest absolute Gasteiger partial charge is 0.232 e. The highest BCUT2D eigenvalue weighted by atomic mass is 32.2. The van der Waals surface area contributed by atoms with Gasteiger partial charge >= 0.3 is 0 Å². The number of nitrogens with zero attached hydrogens (tertiary/aromatic N) is 6. The molecular formula is C15H18N8OS. The number of aromatic nitrogens is 6. The standard InChI is InChI=1S/C15H18N8OS/c1-9-21-22-15(23(9)2)25-8-12-18-13(16)20-14(19-12)17-10-6-4-5-7-11(10)24-3/h4-7H,8H2,1-3H3,(H3,16,17,18,19,20). The number of nitrogens with one attached hydrogen (secondary N) is 1. The Morgan fingerprint density at radius 3 is 2.72 bits per heavy atom. The Hall–Kier alpha value is -2.88. The molecule has 2 heterocycles. The third-order valence-electron chi connectivity index (χ3n) is 3.44. The van der Waals surface area contributed by atoms with Crippen LogP contribution in [-0.2, 0) is 12.8 Å². The largest absolute Gasteiger partial charge is 0.495 e. The molecule has 0 saturated heterocycles. The molecule has 0 aliphatic carbocycles. The quantitative estimate of drug-likeness (QED) is 0.637. The van der Waals surface area contributed by atoms with Crippen LogP contribution < -0.4 is 15.8 Å². The third kappa shape index (κ3) is 3.97. The molecule has 3 aromatic rings. The highest BCUT2D eigenvalue weighted by molar-refractivity contribution is 7.98. The van der Waals surface area contributed by atoms with E-state index < -0.39 is 0 Å². The maximum absolute atomic E-state index is 5.81. The number of aryl methyl sites for hydroxylation is 1. The van der Waals surface area contributed by atoms with Gasteiger partial charge in [-0.15, -0.1) is 10.2 Å². The molecule has 0 aliphatic rings. The van der Waals surface area contributed by atoms with Crippen molar-refractivity contribution in [2.45, 2.75) is 17.8 Å². The number of ether oxygens (including phenoxy) is 1. The molecule has 0 radical (unpaired) electrons. The molecule has 0 amide bonds. The number of nitrogens with two attached hydrogens (primary N) is 1. The molecule has 25 heavy (non-hydrogen) atoms. The van der Waals surface area contributed by atoms with E-state index in [2.05, 4.69) is 30.5 Å². The van der Waals surface area contributed by atoms with E-state index in [1.165, 1.54) is 11.8 Å². The van der Waals surface area contributed by atoms with Crippen LogP contribution >= 0.6 is 11.8 Å². The minimum Gasteiger partial charge on any atom is -0.495 e. The summed E-state index contributed by atoms with van der Waals surface area (Å²) in [6.07, 6.45) is 0. The zero-order valence-corrected chi connectivity index (χ0v) is 14.9. The van der Waals surface area contributed by atoms with Crippen molar-refractivity contribution in [1.82, 2.24) is 29.7 Å². The first-order valence-electron chi connectivity index (χ1n) is 7.46. The van der Waals surface area contributed by atoms with Gasteiger partial charge in [0.1, 0.15) is 17.4 Å². The van der Waals surface area contributed by atoms with Gasteiger partial charge in [0.2, 0.25) is 11.9 Å². The van der Waals surface area contributed by atoms with E-state index in [0.29, 0.717) is 23.3 Å². The highest BCUT2D eigenvalue weighted by Gasteiger charge is 2.11. The number of hydrogen-bond acceptors (Lipinski definition) is 9. The van der Waals surface area contributed by atoms with Gasteiger partial charge in [-0.1, -0.05) is 23.9 Å². The van der Waals surface area contributed by atoms with Crippen LogP contribution in [0.2, 0.25) is 0 Å². The number of rotatable bonds is 6. The van der Waals surface area contributed by atoms with Gasteiger partial charge in [0, 0.05) is 7.05 Å². The monoisotopic (exact) mass is 358 g/mol. The lowest BCUT2D eigenvalue weighted by Crippen LogP contribution is -2.07. The van der Waals surface area contributed by atoms with E-state index in [4.69, 9.17) is 10.5 Å². The van der Waals surface area contributed by atoms with Gasteiger partial charge in [0.05, 0.1) is 18.6 Å². The molecule has 0 unspecified atom stereocenters. The molecule has 10 heteroatoms. The Labute approximate surface area is 149 Å². The van der Waals surface area contributed by atoms with Crippen molar-refractivity contribution in [3.05, 3.63) is 35.9 Å². The normalized spacial score (nSPS) is 10.7. The molecule has 0 aliphatic heterocycles. The first-order valence-corrected chi connectivity index (χ1v) is 8.44. The molecular weight excluding hydrogens is 340 g/mol. The Kier molecular flexibility index (Phi) is 4.98. The first-order chi connectivity index (χ1) is 12.1. The molecule has 3 rings (SSSR count). The van der Waals surface area contributed by atoms with Gasteiger partial charge < -0.3 is 20.4 Å². The van der Waals surface area contributed by atoms with Crippen LogP contribution in [0.3, 0.4) is 0 Å². The Bertz CT molecular complexity index is 882. The molecule has 0 saturated carbocycles. The molecule has 0 spiro atoms. The lowest BCUT2D eigenvalue weighted by Gasteiger charge is -2.10. The van der Waals surface area contributed by atoms with Crippen molar-refractivity contribution < 1.29 is 4.74 Å². The lowest BCUT2D eigenvalue weighted by atomic mass is 10.3. The third-order valence-corrected chi connectivity index (χ3v) is 4.45. The van der Waals surface area contributed by atoms with Crippen LogP contribution in [-0.4, -0.2) is 36.8 Å². The van der Waals surface area contributed by atoms with Crippen LogP contribution in [0, 0.1) is 6.92 Å². The summed E-state index contributed by atoms with van der Waals surface area (Å²) >= 11 is 1.48. The summed E-state index contributed by atoms with van der Waals surface area (Å²) in [5.41, 5.74) is 6.56. The summed E-state index contributed by atoms with van der Waals surface area (Å²) in [4.78, 5) is 12.7. The molecule has 1 aromatic carbocycles. The van der Waals surface area contributed by atoms with Crippen LogP contribution in [0.25, 0.3) is 0 Å². The van der Waals surface area contributed by atoms with Gasteiger partial charge in [0.25, 0.3) is 0 Å². The number of para-hydroxylation sites is 2. The number of thioether (sulfide) groups is 1. The fraction of sp³-hybridized carbons (Fsp3) is 0.267. The molecule has 2 aromatic heterocycles. The van der Waals surface area contributed by atoms with Crippen LogP contribution in [0.4, 0.5) is 17.6 Å². The number of methoxy groups -OCH3 is 1. The molecule has 3 N–H and O–H groups in total. The number of anilines is 3. The Morgan fingerprint density at radius 2 is 2.00 bits per heavy atom. The van der Waals surface area contributed by atoms with Gasteiger partial charge in [-0.05, 0) is 19.1 Å². The fourth-order valence-corrected chi connectivity index (χ4v) is 2.88. The second-order valence-corrected chi connectivity index (χ2v) is 6.08. The summed E-state index contributed by atoms with van der Waals surface area (Å²) < 4.78 is 7.22. The lowest BCUT2D eigenvalue weighted by molar-refractivity contribution is 0.417. The van der Waals surface area contributed by atoms with Gasteiger partial charge in [-0.25, -0.2) is 0 Å². The minimum absolute atomic E-state index is 0.150. The van der Waals surface area contributed by atoms with E-state index in [1.807, 2.05) is 42.8 Å². The van der Waals surface area contributed by atoms with Crippen molar-refractivity contribution in [2.75, 3.05) is 18.2 Å². The number of nitrogen functional groups attached to an aromatic ring is 1. The van der Waals surface area contributed by atoms with Gasteiger partial charge in [-0.2, -0.15) is 15.0 Å². The average Bonchev–Trinajstić information content (AvgIpc) is 2.92. The van der Waals surface area contributed by atoms with Crippen molar-refractivity contribution in [3.63, 3.8) is 0 Å². The zero-order valence-electron chi connectivity index (χ0n) is 14.1. The van der Waals surface area contributed by atoms with Gasteiger partial charge in [0.15, 0.2) is 5.16 Å². The molecule has 130 valence electrons. The molecule has 0 atom stereocenters. The summed E-state index contributed by atoms with van der Waals surface area (Å²) in [5.74, 6) is 3.09. The summed E-state index contributed by atoms with van der Waals surface area (Å²) in [6, 6.07) is 7.49. The molecule has 9 nitrogen and oxygen atoms in total. The fourth-order valence-electron chi connectivity index (χ4n) is 2.07. The van der Waals surface area contributed by atoms with Crippen molar-refractivity contribution in [3.8, 4) is 5.75 Å². The summed E-state index contributed by atoms with van der Waals surface area (Å²) in [7, 11) is 3.52. The number of hydrogen-bond donors (Lipinski definition) is 2. The minimum atomic E-state index is 0.150. The SMILES string of the molecule is COc1ccccc1Nc1nc(N)nc(CSc2nnc(C)n2C)n1. The predicted octanol–water partition coefficient (Wildman–Crippen LogP) is 1.94. The van der Waals surface area contributed by atoms with E-state index in [9.17, 15) is 0 Å². The van der Waals surface area contributed by atoms with Crippen LogP contribution in [0.5, 0.6) is 5.75 Å². The topological polar surface area (TPSA) is 117 Å². The number of benzene rings is 1. The molecule has 0 bridgehead atoms. The highest BCUT2D eigenvalue weighted by Crippen LogP contribution is 2.26. The molecule has 0 fully saturated rings. The maximum Gasteiger partial charge on any atom is 0.232 e.